The number of anilines is 1. The van der Waals surface area contributed by atoms with Crippen LogP contribution in [-0.4, -0.2) is 51.0 Å². The van der Waals surface area contributed by atoms with Crippen molar-refractivity contribution in [1.29, 1.82) is 0 Å². The molecule has 0 radical (unpaired) electrons. The first-order valence-corrected chi connectivity index (χ1v) is 10.5. The van der Waals surface area contributed by atoms with Crippen LogP contribution < -0.4 is 16.4 Å². The van der Waals surface area contributed by atoms with Crippen LogP contribution >= 0.6 is 0 Å². The number of hydrogen-bond donors (Lipinski definition) is 1. The highest BCUT2D eigenvalue weighted by molar-refractivity contribution is 5.90. The summed E-state index contributed by atoms with van der Waals surface area (Å²) in [5, 5.41) is 10.9. The molecular formula is C22H25F3N6O3. The quantitative estimate of drug-likeness (QED) is 0.559. The van der Waals surface area contributed by atoms with Crippen LogP contribution in [0, 0.1) is 0 Å². The Hall–Kier alpha value is -3.54. The molecule has 9 nitrogen and oxygen atoms in total. The molecule has 0 saturated heterocycles. The molecule has 3 rings (SSSR count). The molecule has 0 saturated carbocycles. The standard InChI is InChI=1S/C22H25F3N6O3/c1-13(2)20-16-11-14(22(23,24)25)5-6-15(16)21(34)31(28-20)12-18(32)26-17-7-8-19(33)30(27-17)10-9-29(3)4/h5-8,11,13H,9-10,12H2,1-4H3,(H,26,27,32). The summed E-state index contributed by atoms with van der Waals surface area (Å²) in [7, 11) is 3.70. The predicted molar refractivity (Wildman–Crippen MR) is 121 cm³/mol. The van der Waals surface area contributed by atoms with Gasteiger partial charge in [-0.15, -0.1) is 0 Å². The van der Waals surface area contributed by atoms with Gasteiger partial charge in [0, 0.05) is 18.0 Å². The van der Waals surface area contributed by atoms with Crippen LogP contribution in [0.1, 0.15) is 31.0 Å². The molecule has 2 heterocycles. The minimum Gasteiger partial charge on any atom is -0.308 e. The SMILES string of the molecule is CC(C)c1nn(CC(=O)Nc2ccc(=O)n(CCN(C)C)n2)c(=O)c2ccc(C(F)(F)F)cc12. The third-order valence-corrected chi connectivity index (χ3v) is 5.05. The highest BCUT2D eigenvalue weighted by Crippen LogP contribution is 2.32. The molecule has 1 aromatic carbocycles. The summed E-state index contributed by atoms with van der Waals surface area (Å²) in [4.78, 5) is 39.3. The first-order valence-electron chi connectivity index (χ1n) is 10.5. The van der Waals surface area contributed by atoms with Crippen molar-refractivity contribution in [3.05, 3.63) is 62.3 Å². The second-order valence-corrected chi connectivity index (χ2v) is 8.39. The Bertz CT molecular complexity index is 1330. The summed E-state index contributed by atoms with van der Waals surface area (Å²) < 4.78 is 41.6. The number of fused-ring (bicyclic) bond motifs is 1. The number of aromatic nitrogens is 4. The van der Waals surface area contributed by atoms with Crippen LogP contribution in [0.4, 0.5) is 19.0 Å². The van der Waals surface area contributed by atoms with Crippen molar-refractivity contribution in [2.24, 2.45) is 0 Å². The van der Waals surface area contributed by atoms with E-state index in [1.807, 2.05) is 19.0 Å². The van der Waals surface area contributed by atoms with Gasteiger partial charge in [-0.1, -0.05) is 13.8 Å². The Morgan fingerprint density at radius 3 is 2.38 bits per heavy atom. The Kier molecular flexibility index (Phi) is 7.20. The molecule has 182 valence electrons. The van der Waals surface area contributed by atoms with Crippen LogP contribution in [0.25, 0.3) is 10.8 Å². The number of nitrogens with zero attached hydrogens (tertiary/aromatic N) is 5. The summed E-state index contributed by atoms with van der Waals surface area (Å²) in [6, 6.07) is 5.46. The monoisotopic (exact) mass is 478 g/mol. The Morgan fingerprint density at radius 1 is 1.06 bits per heavy atom. The highest BCUT2D eigenvalue weighted by Gasteiger charge is 2.31. The molecule has 1 amide bonds. The molecule has 0 atom stereocenters. The fraction of sp³-hybridized carbons (Fsp3) is 0.409. The van der Waals surface area contributed by atoms with Crippen molar-refractivity contribution >= 4 is 22.5 Å². The number of alkyl halides is 3. The van der Waals surface area contributed by atoms with Gasteiger partial charge in [-0.25, -0.2) is 9.36 Å². The number of amides is 1. The van der Waals surface area contributed by atoms with Crippen LogP contribution in [0.3, 0.4) is 0 Å². The summed E-state index contributed by atoms with van der Waals surface area (Å²) >= 11 is 0. The zero-order valence-corrected chi connectivity index (χ0v) is 19.2. The van der Waals surface area contributed by atoms with Crippen LogP contribution in [0.5, 0.6) is 0 Å². The van der Waals surface area contributed by atoms with E-state index >= 15 is 0 Å². The van der Waals surface area contributed by atoms with E-state index in [1.54, 1.807) is 13.8 Å². The molecule has 3 aromatic rings. The van der Waals surface area contributed by atoms with Gasteiger partial charge in [-0.05, 0) is 44.3 Å². The fourth-order valence-electron chi connectivity index (χ4n) is 3.31. The van der Waals surface area contributed by atoms with E-state index in [1.165, 1.54) is 16.8 Å². The molecule has 0 bridgehead atoms. The van der Waals surface area contributed by atoms with E-state index in [0.29, 0.717) is 13.1 Å². The lowest BCUT2D eigenvalue weighted by atomic mass is 10.0. The second kappa shape index (κ2) is 9.75. The molecule has 0 unspecified atom stereocenters. The maximum atomic E-state index is 13.2. The van der Waals surface area contributed by atoms with Crippen LogP contribution in [0.15, 0.2) is 39.9 Å². The second-order valence-electron chi connectivity index (χ2n) is 8.39. The largest absolute Gasteiger partial charge is 0.416 e. The molecule has 0 aliphatic heterocycles. The highest BCUT2D eigenvalue weighted by atomic mass is 19.4. The number of hydrogen-bond acceptors (Lipinski definition) is 6. The predicted octanol–water partition coefficient (Wildman–Crippen LogP) is 2.30. The number of rotatable bonds is 7. The van der Waals surface area contributed by atoms with E-state index in [9.17, 15) is 27.6 Å². The molecule has 0 spiro atoms. The number of carbonyl (C=O) groups excluding carboxylic acids is 1. The number of nitrogens with one attached hydrogen (secondary N) is 1. The lowest BCUT2D eigenvalue weighted by Gasteiger charge is -2.15. The van der Waals surface area contributed by atoms with Gasteiger partial charge < -0.3 is 10.2 Å². The van der Waals surface area contributed by atoms with E-state index in [-0.39, 0.29) is 33.8 Å². The van der Waals surface area contributed by atoms with Crippen molar-refractivity contribution < 1.29 is 18.0 Å². The van der Waals surface area contributed by atoms with Crippen molar-refractivity contribution in [3.63, 3.8) is 0 Å². The first kappa shape index (κ1) is 25.1. The molecule has 12 heteroatoms. The topological polar surface area (TPSA) is 102 Å². The molecule has 1 N–H and O–H groups in total. The number of carbonyl (C=O) groups is 1. The summed E-state index contributed by atoms with van der Waals surface area (Å²) in [6.07, 6.45) is -4.56. The molecule has 0 fully saturated rings. The van der Waals surface area contributed by atoms with Crippen LogP contribution in [-0.2, 0) is 24.1 Å². The van der Waals surface area contributed by atoms with Gasteiger partial charge in [0.25, 0.3) is 11.1 Å². The maximum absolute atomic E-state index is 13.2. The van der Waals surface area contributed by atoms with E-state index < -0.39 is 29.8 Å². The number of likely N-dealkylation sites (N-methyl/N-ethyl adjacent to an activating group) is 1. The van der Waals surface area contributed by atoms with Crippen molar-refractivity contribution in [3.8, 4) is 0 Å². The molecule has 0 aliphatic rings. The van der Waals surface area contributed by atoms with Gasteiger partial charge in [0.05, 0.1) is 23.2 Å². The Labute approximate surface area is 192 Å². The Morgan fingerprint density at radius 2 is 1.76 bits per heavy atom. The zero-order chi connectivity index (χ0) is 25.2. The minimum absolute atomic E-state index is 0.0369. The van der Waals surface area contributed by atoms with Crippen molar-refractivity contribution in [1.82, 2.24) is 24.5 Å². The maximum Gasteiger partial charge on any atom is 0.416 e. The third-order valence-electron chi connectivity index (χ3n) is 5.05. The van der Waals surface area contributed by atoms with Gasteiger partial charge in [0.15, 0.2) is 5.82 Å². The van der Waals surface area contributed by atoms with Gasteiger partial charge in [-0.3, -0.25) is 14.4 Å². The summed E-state index contributed by atoms with van der Waals surface area (Å²) in [5.74, 6) is -0.806. The fourth-order valence-corrected chi connectivity index (χ4v) is 3.31. The lowest BCUT2D eigenvalue weighted by molar-refractivity contribution is -0.137. The van der Waals surface area contributed by atoms with Gasteiger partial charge in [-0.2, -0.15) is 23.4 Å². The molecular weight excluding hydrogens is 453 g/mol. The average Bonchev–Trinajstić information content (AvgIpc) is 2.74. The molecule has 2 aromatic heterocycles. The third kappa shape index (κ3) is 5.68. The van der Waals surface area contributed by atoms with Gasteiger partial charge >= 0.3 is 6.18 Å². The van der Waals surface area contributed by atoms with Crippen molar-refractivity contribution in [2.75, 3.05) is 26.0 Å². The first-order chi connectivity index (χ1) is 15.9. The smallest absolute Gasteiger partial charge is 0.308 e. The molecule has 0 aliphatic carbocycles. The number of benzene rings is 1. The minimum atomic E-state index is -4.56. The summed E-state index contributed by atoms with van der Waals surface area (Å²) in [6.45, 7) is 3.87. The van der Waals surface area contributed by atoms with Crippen molar-refractivity contribution in [2.45, 2.75) is 39.0 Å². The molecule has 34 heavy (non-hydrogen) atoms. The zero-order valence-electron chi connectivity index (χ0n) is 19.2. The van der Waals surface area contributed by atoms with Crippen LogP contribution in [0.2, 0.25) is 0 Å². The van der Waals surface area contributed by atoms with Gasteiger partial charge in [0.1, 0.15) is 6.54 Å². The normalized spacial score (nSPS) is 12.0. The summed E-state index contributed by atoms with van der Waals surface area (Å²) in [5.41, 5.74) is -1.63. The van der Waals surface area contributed by atoms with Gasteiger partial charge in [0.2, 0.25) is 5.91 Å². The van der Waals surface area contributed by atoms with E-state index in [4.69, 9.17) is 0 Å². The lowest BCUT2D eigenvalue weighted by Crippen LogP contribution is -2.32. The van der Waals surface area contributed by atoms with E-state index in [0.717, 1.165) is 22.9 Å². The van der Waals surface area contributed by atoms with E-state index in [2.05, 4.69) is 15.5 Å². The number of halogens is 3. The Balaban J connectivity index is 1.91. The average molecular weight is 478 g/mol.